The maximum atomic E-state index is 5.14. The SMILES string of the molecule is C=C(c1cc(C)on1)N1CCc2nc(-c3ccccn3)ncc2C1. The van der Waals surface area contributed by atoms with Gasteiger partial charge in [-0.2, -0.15) is 0 Å². The van der Waals surface area contributed by atoms with Crippen LogP contribution in [0.4, 0.5) is 0 Å². The monoisotopic (exact) mass is 319 g/mol. The standard InChI is InChI=1S/C18H17N5O/c1-12-9-17(22-24-12)13(2)23-8-6-15-14(11-23)10-20-18(21-15)16-5-3-4-7-19-16/h3-5,7,9-10H,2,6,8,11H2,1H3. The zero-order valence-corrected chi connectivity index (χ0v) is 13.4. The quantitative estimate of drug-likeness (QED) is 0.739. The van der Waals surface area contributed by atoms with Gasteiger partial charge in [-0.3, -0.25) is 4.98 Å². The number of fused-ring (bicyclic) bond motifs is 1. The molecular weight excluding hydrogens is 302 g/mol. The van der Waals surface area contributed by atoms with Crippen molar-refractivity contribution in [3.8, 4) is 11.5 Å². The van der Waals surface area contributed by atoms with Crippen LogP contribution >= 0.6 is 0 Å². The van der Waals surface area contributed by atoms with E-state index in [2.05, 4.69) is 26.6 Å². The molecule has 0 aromatic carbocycles. The van der Waals surface area contributed by atoms with Crippen molar-refractivity contribution in [1.29, 1.82) is 0 Å². The Kier molecular flexibility index (Phi) is 3.57. The highest BCUT2D eigenvalue weighted by Gasteiger charge is 2.21. The minimum atomic E-state index is 0.675. The first-order valence-corrected chi connectivity index (χ1v) is 7.84. The van der Waals surface area contributed by atoms with Gasteiger partial charge in [-0.05, 0) is 19.1 Å². The summed E-state index contributed by atoms with van der Waals surface area (Å²) in [6.45, 7) is 7.60. The molecular formula is C18H17N5O. The average molecular weight is 319 g/mol. The van der Waals surface area contributed by atoms with Gasteiger partial charge in [0.2, 0.25) is 0 Å². The van der Waals surface area contributed by atoms with Crippen LogP contribution in [0.2, 0.25) is 0 Å². The summed E-state index contributed by atoms with van der Waals surface area (Å²) >= 11 is 0. The zero-order valence-electron chi connectivity index (χ0n) is 13.4. The second-order valence-electron chi connectivity index (χ2n) is 5.82. The molecule has 0 aliphatic carbocycles. The van der Waals surface area contributed by atoms with Gasteiger partial charge in [0.1, 0.15) is 17.1 Å². The Labute approximate surface area is 139 Å². The van der Waals surface area contributed by atoms with Crippen LogP contribution in [0.15, 0.2) is 47.8 Å². The van der Waals surface area contributed by atoms with Gasteiger partial charge in [-0.15, -0.1) is 0 Å². The molecule has 0 spiro atoms. The molecule has 0 amide bonds. The summed E-state index contributed by atoms with van der Waals surface area (Å²) in [4.78, 5) is 15.7. The number of rotatable bonds is 3. The molecule has 3 aromatic heterocycles. The Balaban J connectivity index is 1.57. The Morgan fingerprint density at radius 2 is 2.21 bits per heavy atom. The highest BCUT2D eigenvalue weighted by atomic mass is 16.5. The fourth-order valence-corrected chi connectivity index (χ4v) is 2.83. The van der Waals surface area contributed by atoms with Crippen LogP contribution in [0.5, 0.6) is 0 Å². The van der Waals surface area contributed by atoms with Crippen molar-refractivity contribution in [1.82, 2.24) is 25.0 Å². The number of hydrogen-bond acceptors (Lipinski definition) is 6. The lowest BCUT2D eigenvalue weighted by Gasteiger charge is -2.30. The molecule has 120 valence electrons. The van der Waals surface area contributed by atoms with E-state index in [9.17, 15) is 0 Å². The predicted octanol–water partition coefficient (Wildman–Crippen LogP) is 2.86. The van der Waals surface area contributed by atoms with Crippen LogP contribution in [-0.4, -0.2) is 31.6 Å². The molecule has 0 N–H and O–H groups in total. The molecule has 0 saturated heterocycles. The molecule has 0 saturated carbocycles. The summed E-state index contributed by atoms with van der Waals surface area (Å²) in [5.74, 6) is 1.46. The van der Waals surface area contributed by atoms with Crippen molar-refractivity contribution >= 4 is 5.70 Å². The van der Waals surface area contributed by atoms with Crippen molar-refractivity contribution in [3.63, 3.8) is 0 Å². The Bertz CT molecular complexity index is 887. The topological polar surface area (TPSA) is 67.9 Å². The van der Waals surface area contributed by atoms with E-state index in [-0.39, 0.29) is 0 Å². The van der Waals surface area contributed by atoms with E-state index in [1.165, 1.54) is 0 Å². The summed E-state index contributed by atoms with van der Waals surface area (Å²) in [5, 5.41) is 4.04. The fraction of sp³-hybridized carbons (Fsp3) is 0.222. The molecule has 3 aromatic rings. The Morgan fingerprint density at radius 3 is 2.96 bits per heavy atom. The first kappa shape index (κ1) is 14.6. The average Bonchev–Trinajstić information content (AvgIpc) is 3.07. The molecule has 1 aliphatic heterocycles. The van der Waals surface area contributed by atoms with Crippen molar-refractivity contribution in [2.24, 2.45) is 0 Å². The summed E-state index contributed by atoms with van der Waals surface area (Å²) in [6.07, 6.45) is 4.48. The summed E-state index contributed by atoms with van der Waals surface area (Å²) in [5.41, 5.74) is 4.63. The first-order chi connectivity index (χ1) is 11.7. The molecule has 1 aliphatic rings. The van der Waals surface area contributed by atoms with Crippen molar-refractivity contribution in [2.45, 2.75) is 19.9 Å². The van der Waals surface area contributed by atoms with Crippen molar-refractivity contribution in [2.75, 3.05) is 6.54 Å². The van der Waals surface area contributed by atoms with E-state index in [1.54, 1.807) is 6.20 Å². The van der Waals surface area contributed by atoms with E-state index in [4.69, 9.17) is 9.51 Å². The van der Waals surface area contributed by atoms with E-state index in [0.29, 0.717) is 5.82 Å². The molecule has 0 unspecified atom stereocenters. The molecule has 0 radical (unpaired) electrons. The molecule has 24 heavy (non-hydrogen) atoms. The van der Waals surface area contributed by atoms with Crippen LogP contribution in [0.3, 0.4) is 0 Å². The Hall–Kier alpha value is -3.02. The largest absolute Gasteiger partial charge is 0.365 e. The number of aromatic nitrogens is 4. The zero-order chi connectivity index (χ0) is 16.5. The summed E-state index contributed by atoms with van der Waals surface area (Å²) < 4.78 is 5.14. The second kappa shape index (κ2) is 5.88. The minimum absolute atomic E-state index is 0.675. The van der Waals surface area contributed by atoms with Gasteiger partial charge in [0.05, 0.1) is 11.4 Å². The van der Waals surface area contributed by atoms with Crippen molar-refractivity contribution in [3.05, 3.63) is 65.9 Å². The molecule has 4 heterocycles. The maximum absolute atomic E-state index is 5.14. The summed E-state index contributed by atoms with van der Waals surface area (Å²) in [6, 6.07) is 7.65. The molecule has 0 atom stereocenters. The van der Waals surface area contributed by atoms with Gasteiger partial charge >= 0.3 is 0 Å². The fourth-order valence-electron chi connectivity index (χ4n) is 2.83. The predicted molar refractivity (Wildman–Crippen MR) is 89.7 cm³/mol. The van der Waals surface area contributed by atoms with E-state index in [0.717, 1.165) is 53.6 Å². The number of nitrogens with zero attached hydrogens (tertiary/aromatic N) is 5. The van der Waals surface area contributed by atoms with Crippen LogP contribution in [-0.2, 0) is 13.0 Å². The van der Waals surface area contributed by atoms with Crippen LogP contribution in [0.25, 0.3) is 17.2 Å². The third-order valence-corrected chi connectivity index (χ3v) is 4.13. The first-order valence-electron chi connectivity index (χ1n) is 7.84. The summed E-state index contributed by atoms with van der Waals surface area (Å²) in [7, 11) is 0. The van der Waals surface area contributed by atoms with E-state index in [1.807, 2.05) is 37.4 Å². The van der Waals surface area contributed by atoms with Crippen LogP contribution in [0, 0.1) is 6.92 Å². The van der Waals surface area contributed by atoms with Gasteiger partial charge in [0.25, 0.3) is 0 Å². The molecule has 0 fully saturated rings. The smallest absolute Gasteiger partial charge is 0.178 e. The molecule has 6 nitrogen and oxygen atoms in total. The third kappa shape index (κ3) is 2.67. The molecule has 6 heteroatoms. The lowest BCUT2D eigenvalue weighted by molar-refractivity contribution is 0.358. The maximum Gasteiger partial charge on any atom is 0.178 e. The molecule has 0 bridgehead atoms. The van der Waals surface area contributed by atoms with E-state index >= 15 is 0 Å². The highest BCUT2D eigenvalue weighted by Crippen LogP contribution is 2.25. The second-order valence-corrected chi connectivity index (χ2v) is 5.82. The van der Waals surface area contributed by atoms with Crippen LogP contribution < -0.4 is 0 Å². The number of aryl methyl sites for hydroxylation is 1. The van der Waals surface area contributed by atoms with Gasteiger partial charge < -0.3 is 9.42 Å². The van der Waals surface area contributed by atoms with Crippen molar-refractivity contribution < 1.29 is 4.52 Å². The lowest BCUT2D eigenvalue weighted by atomic mass is 10.1. The molecule has 4 rings (SSSR count). The van der Waals surface area contributed by atoms with Gasteiger partial charge in [0.15, 0.2) is 5.82 Å². The van der Waals surface area contributed by atoms with E-state index < -0.39 is 0 Å². The van der Waals surface area contributed by atoms with Gasteiger partial charge in [-0.25, -0.2) is 9.97 Å². The Morgan fingerprint density at radius 1 is 1.29 bits per heavy atom. The van der Waals surface area contributed by atoms with Gasteiger partial charge in [-0.1, -0.05) is 17.8 Å². The number of pyridine rings is 1. The highest BCUT2D eigenvalue weighted by molar-refractivity contribution is 5.59. The lowest BCUT2D eigenvalue weighted by Crippen LogP contribution is -2.30. The normalized spacial score (nSPS) is 13.6. The number of hydrogen-bond donors (Lipinski definition) is 0. The minimum Gasteiger partial charge on any atom is -0.365 e. The third-order valence-electron chi connectivity index (χ3n) is 4.13. The van der Waals surface area contributed by atoms with Crippen LogP contribution in [0.1, 0.15) is 22.7 Å². The van der Waals surface area contributed by atoms with Gasteiger partial charge in [0, 0.05) is 43.5 Å².